The van der Waals surface area contributed by atoms with E-state index in [-0.39, 0.29) is 17.5 Å². The molecule has 0 N–H and O–H groups in total. The second-order valence-electron chi connectivity index (χ2n) is 7.08. The van der Waals surface area contributed by atoms with E-state index in [1.54, 1.807) is 17.4 Å². The van der Waals surface area contributed by atoms with E-state index in [0.29, 0.717) is 35.0 Å². The van der Waals surface area contributed by atoms with E-state index in [4.69, 9.17) is 4.74 Å². The lowest BCUT2D eigenvalue weighted by Gasteiger charge is -2.12. The van der Waals surface area contributed by atoms with Gasteiger partial charge in [-0.1, -0.05) is 6.92 Å². The SMILES string of the molecule is Cc1nc(Oc2ccc(F)c3c2C(=O)C[C@H]3C)c2c3c(sc2n1)CCC3. The van der Waals surface area contributed by atoms with Gasteiger partial charge in [-0.2, -0.15) is 4.98 Å². The summed E-state index contributed by atoms with van der Waals surface area (Å²) in [4.78, 5) is 23.8. The molecule has 6 heteroatoms. The van der Waals surface area contributed by atoms with Crippen LogP contribution in [0.25, 0.3) is 10.2 Å². The molecule has 0 amide bonds. The number of ether oxygens (including phenoxy) is 1. The summed E-state index contributed by atoms with van der Waals surface area (Å²) in [5.74, 6) is 0.969. The molecule has 132 valence electrons. The number of carbonyl (C=O) groups excluding carboxylic acids is 1. The highest BCUT2D eigenvalue weighted by Gasteiger charge is 2.33. The van der Waals surface area contributed by atoms with Gasteiger partial charge >= 0.3 is 0 Å². The fourth-order valence-electron chi connectivity index (χ4n) is 4.15. The molecule has 2 aromatic heterocycles. The molecule has 2 aliphatic rings. The monoisotopic (exact) mass is 368 g/mol. The number of aromatic nitrogens is 2. The van der Waals surface area contributed by atoms with Gasteiger partial charge in [-0.05, 0) is 49.8 Å². The number of hydrogen-bond acceptors (Lipinski definition) is 5. The number of rotatable bonds is 2. The van der Waals surface area contributed by atoms with E-state index in [9.17, 15) is 9.18 Å². The molecule has 0 fully saturated rings. The maximum atomic E-state index is 14.2. The molecular formula is C20H17FN2O2S. The van der Waals surface area contributed by atoms with E-state index >= 15 is 0 Å². The minimum absolute atomic E-state index is 0.0698. The Morgan fingerprint density at radius 3 is 2.96 bits per heavy atom. The molecule has 0 radical (unpaired) electrons. The van der Waals surface area contributed by atoms with E-state index in [1.165, 1.54) is 16.5 Å². The fourth-order valence-corrected chi connectivity index (χ4v) is 5.45. The van der Waals surface area contributed by atoms with Crippen LogP contribution in [-0.2, 0) is 12.8 Å². The topological polar surface area (TPSA) is 52.1 Å². The highest BCUT2D eigenvalue weighted by Crippen LogP contribution is 2.44. The molecule has 2 aliphatic carbocycles. The standard InChI is InChI=1S/C20H17FN2O2S/c1-9-8-13(24)18-14(7-6-12(21)16(9)18)25-19-17-11-4-3-5-15(11)26-20(17)23-10(2)22-19/h6-7,9H,3-5,8H2,1-2H3/t9-/m1/s1. The van der Waals surface area contributed by atoms with Crippen LogP contribution in [-0.4, -0.2) is 15.8 Å². The third-order valence-corrected chi connectivity index (χ3v) is 6.45. The molecule has 0 aliphatic heterocycles. The van der Waals surface area contributed by atoms with Crippen LogP contribution < -0.4 is 4.74 Å². The lowest BCUT2D eigenvalue weighted by molar-refractivity contribution is 0.0988. The Balaban J connectivity index is 1.69. The average molecular weight is 368 g/mol. The van der Waals surface area contributed by atoms with Crippen molar-refractivity contribution < 1.29 is 13.9 Å². The first-order chi connectivity index (χ1) is 12.5. The maximum Gasteiger partial charge on any atom is 0.231 e. The van der Waals surface area contributed by atoms with E-state index in [0.717, 1.165) is 29.5 Å². The number of nitrogens with zero attached hydrogens (tertiary/aromatic N) is 2. The minimum atomic E-state index is -0.342. The molecule has 0 bridgehead atoms. The second-order valence-corrected chi connectivity index (χ2v) is 8.16. The van der Waals surface area contributed by atoms with Crippen molar-refractivity contribution in [2.75, 3.05) is 0 Å². The highest BCUT2D eigenvalue weighted by atomic mass is 32.1. The Morgan fingerprint density at radius 2 is 2.12 bits per heavy atom. The Bertz CT molecular complexity index is 1090. The van der Waals surface area contributed by atoms with Gasteiger partial charge in [-0.15, -0.1) is 11.3 Å². The summed E-state index contributed by atoms with van der Waals surface area (Å²) in [6.45, 7) is 3.70. The smallest absolute Gasteiger partial charge is 0.231 e. The van der Waals surface area contributed by atoms with Crippen molar-refractivity contribution in [3.63, 3.8) is 0 Å². The van der Waals surface area contributed by atoms with Gasteiger partial charge in [0.2, 0.25) is 5.88 Å². The second kappa shape index (κ2) is 5.58. The fraction of sp³-hybridized carbons (Fsp3) is 0.350. The molecule has 1 atom stereocenters. The largest absolute Gasteiger partial charge is 0.437 e. The number of carbonyl (C=O) groups is 1. The van der Waals surface area contributed by atoms with Crippen LogP contribution in [0.3, 0.4) is 0 Å². The zero-order valence-electron chi connectivity index (χ0n) is 14.6. The van der Waals surface area contributed by atoms with Crippen LogP contribution in [0.1, 0.15) is 57.9 Å². The third-order valence-electron chi connectivity index (χ3n) is 5.27. The first kappa shape index (κ1) is 15.9. The van der Waals surface area contributed by atoms with Crippen molar-refractivity contribution in [2.24, 2.45) is 0 Å². The molecule has 0 saturated heterocycles. The first-order valence-electron chi connectivity index (χ1n) is 8.85. The van der Waals surface area contributed by atoms with Gasteiger partial charge in [0, 0.05) is 16.9 Å². The van der Waals surface area contributed by atoms with Crippen LogP contribution in [0.2, 0.25) is 0 Å². The number of thiophene rings is 1. The summed E-state index contributed by atoms with van der Waals surface area (Å²) in [6, 6.07) is 2.92. The maximum absolute atomic E-state index is 14.2. The number of aryl methyl sites for hydroxylation is 3. The summed E-state index contributed by atoms with van der Waals surface area (Å²) in [7, 11) is 0. The minimum Gasteiger partial charge on any atom is -0.437 e. The number of benzene rings is 1. The number of fused-ring (bicyclic) bond motifs is 4. The summed E-state index contributed by atoms with van der Waals surface area (Å²) < 4.78 is 20.4. The van der Waals surface area contributed by atoms with Crippen LogP contribution >= 0.6 is 11.3 Å². The highest BCUT2D eigenvalue weighted by molar-refractivity contribution is 7.19. The molecule has 5 rings (SSSR count). The average Bonchev–Trinajstić information content (AvgIpc) is 3.23. The van der Waals surface area contributed by atoms with Gasteiger partial charge in [0.1, 0.15) is 22.2 Å². The number of halogens is 1. The van der Waals surface area contributed by atoms with Crippen molar-refractivity contribution in [1.82, 2.24) is 9.97 Å². The summed E-state index contributed by atoms with van der Waals surface area (Å²) in [5, 5.41) is 0.949. The number of hydrogen-bond donors (Lipinski definition) is 0. The van der Waals surface area contributed by atoms with Gasteiger partial charge in [0.15, 0.2) is 5.78 Å². The van der Waals surface area contributed by atoms with Crippen molar-refractivity contribution in [3.05, 3.63) is 45.3 Å². The quantitative estimate of drug-likeness (QED) is 0.631. The zero-order chi connectivity index (χ0) is 18.0. The Kier molecular flexibility index (Phi) is 3.41. The van der Waals surface area contributed by atoms with Gasteiger partial charge in [-0.25, -0.2) is 9.37 Å². The summed E-state index contributed by atoms with van der Waals surface area (Å²) in [5.41, 5.74) is 2.09. The predicted molar refractivity (Wildman–Crippen MR) is 98.0 cm³/mol. The summed E-state index contributed by atoms with van der Waals surface area (Å²) >= 11 is 1.70. The molecule has 4 nitrogen and oxygen atoms in total. The first-order valence-corrected chi connectivity index (χ1v) is 9.67. The van der Waals surface area contributed by atoms with Crippen LogP contribution in [0.5, 0.6) is 11.6 Å². The van der Waals surface area contributed by atoms with Gasteiger partial charge < -0.3 is 4.74 Å². The normalized spacial score (nSPS) is 18.4. The lowest BCUT2D eigenvalue weighted by Crippen LogP contribution is -2.01. The van der Waals surface area contributed by atoms with Gasteiger partial charge in [0.25, 0.3) is 0 Å². The van der Waals surface area contributed by atoms with Crippen molar-refractivity contribution >= 4 is 27.3 Å². The van der Waals surface area contributed by atoms with Crippen LogP contribution in [0, 0.1) is 12.7 Å². The lowest BCUT2D eigenvalue weighted by atomic mass is 10.0. The third kappa shape index (κ3) is 2.21. The van der Waals surface area contributed by atoms with Crippen molar-refractivity contribution in [1.29, 1.82) is 0 Å². The van der Waals surface area contributed by atoms with Crippen LogP contribution in [0.15, 0.2) is 12.1 Å². The molecule has 0 spiro atoms. The van der Waals surface area contributed by atoms with Gasteiger partial charge in [-0.3, -0.25) is 4.79 Å². The van der Waals surface area contributed by atoms with Gasteiger partial charge in [0.05, 0.1) is 10.9 Å². The number of ketones is 1. The van der Waals surface area contributed by atoms with Crippen molar-refractivity contribution in [2.45, 2.75) is 45.4 Å². The molecule has 3 aromatic rings. The van der Waals surface area contributed by atoms with E-state index in [1.807, 2.05) is 13.8 Å². The molecule has 1 aromatic carbocycles. The van der Waals surface area contributed by atoms with E-state index in [2.05, 4.69) is 9.97 Å². The molecule has 26 heavy (non-hydrogen) atoms. The predicted octanol–water partition coefficient (Wildman–Crippen LogP) is 5.11. The molecule has 2 heterocycles. The van der Waals surface area contributed by atoms with Crippen molar-refractivity contribution in [3.8, 4) is 11.6 Å². The zero-order valence-corrected chi connectivity index (χ0v) is 15.4. The number of Topliss-reactive ketones (excluding diaryl/α,β-unsaturated/α-hetero) is 1. The Labute approximate surface area is 154 Å². The summed E-state index contributed by atoms with van der Waals surface area (Å²) in [6.07, 6.45) is 3.51. The van der Waals surface area contributed by atoms with E-state index < -0.39 is 0 Å². The molecule has 0 unspecified atom stereocenters. The molecule has 0 saturated carbocycles. The Hall–Kier alpha value is -2.34. The molecular weight excluding hydrogens is 351 g/mol. The Morgan fingerprint density at radius 1 is 1.27 bits per heavy atom. The van der Waals surface area contributed by atoms with Crippen LogP contribution in [0.4, 0.5) is 4.39 Å².